The molecule has 0 atom stereocenters. The van der Waals surface area contributed by atoms with Gasteiger partial charge in [0.15, 0.2) is 0 Å². The van der Waals surface area contributed by atoms with Crippen LogP contribution < -0.4 is 4.90 Å². The van der Waals surface area contributed by atoms with Gasteiger partial charge in [0.05, 0.1) is 13.2 Å². The summed E-state index contributed by atoms with van der Waals surface area (Å²) >= 11 is 0. The number of fused-ring (bicyclic) bond motifs is 1. The summed E-state index contributed by atoms with van der Waals surface area (Å²) < 4.78 is 7.71. The van der Waals surface area contributed by atoms with Crippen molar-refractivity contribution in [1.82, 2.24) is 19.6 Å². The Morgan fingerprint density at radius 1 is 1.38 bits per heavy atom. The number of hydrogen-bond acceptors (Lipinski definition) is 5. The molecule has 6 nitrogen and oxygen atoms in total. The maximum Gasteiger partial charge on any atom is 0.254 e. The Balaban J connectivity index is 1.75. The van der Waals surface area contributed by atoms with E-state index in [-0.39, 0.29) is 0 Å². The first-order valence-corrected chi connectivity index (χ1v) is 7.82. The van der Waals surface area contributed by atoms with Crippen molar-refractivity contribution < 1.29 is 4.74 Å². The molecule has 1 spiro atoms. The van der Waals surface area contributed by atoms with Gasteiger partial charge in [-0.25, -0.2) is 4.98 Å². The van der Waals surface area contributed by atoms with Crippen molar-refractivity contribution in [2.75, 3.05) is 31.2 Å². The summed E-state index contributed by atoms with van der Waals surface area (Å²) in [7, 11) is 0. The van der Waals surface area contributed by atoms with Gasteiger partial charge in [0, 0.05) is 30.3 Å². The van der Waals surface area contributed by atoms with Gasteiger partial charge in [0.1, 0.15) is 12.1 Å². The van der Waals surface area contributed by atoms with Gasteiger partial charge in [0.2, 0.25) is 0 Å². The second-order valence-corrected chi connectivity index (χ2v) is 6.26. The topological polar surface area (TPSA) is 55.6 Å². The van der Waals surface area contributed by atoms with Crippen LogP contribution in [0.5, 0.6) is 0 Å². The number of ether oxygens (including phenoxy) is 1. The number of aryl methyl sites for hydroxylation is 1. The van der Waals surface area contributed by atoms with Crippen LogP contribution in [-0.4, -0.2) is 45.9 Å². The highest BCUT2D eigenvalue weighted by molar-refractivity contribution is 5.48. The summed E-state index contributed by atoms with van der Waals surface area (Å²) in [5.74, 6) is 1.79. The highest BCUT2D eigenvalue weighted by Crippen LogP contribution is 2.43. The predicted molar refractivity (Wildman–Crippen MR) is 79.5 cm³/mol. The first-order chi connectivity index (χ1) is 10.3. The average Bonchev–Trinajstić information content (AvgIpc) is 2.81. The van der Waals surface area contributed by atoms with Gasteiger partial charge in [-0.3, -0.25) is 0 Å². The van der Waals surface area contributed by atoms with Crippen LogP contribution in [0, 0.1) is 5.41 Å². The van der Waals surface area contributed by atoms with Gasteiger partial charge in [-0.1, -0.05) is 13.3 Å². The van der Waals surface area contributed by atoms with Gasteiger partial charge in [-0.2, -0.15) is 14.6 Å². The molecular weight excluding hydrogens is 266 g/mol. The molecule has 2 aromatic heterocycles. The highest BCUT2D eigenvalue weighted by Gasteiger charge is 2.40. The average molecular weight is 287 g/mol. The maximum atomic E-state index is 5.85. The first kappa shape index (κ1) is 13.0. The molecule has 2 aromatic rings. The zero-order valence-corrected chi connectivity index (χ0v) is 12.5. The number of hydrogen-bond donors (Lipinski definition) is 0. The van der Waals surface area contributed by atoms with Crippen LogP contribution >= 0.6 is 0 Å². The Bertz CT molecular complexity index is 649. The normalized spacial score (nSPS) is 21.5. The monoisotopic (exact) mass is 287 g/mol. The summed E-state index contributed by atoms with van der Waals surface area (Å²) in [5, 5.41) is 4.35. The fourth-order valence-electron chi connectivity index (χ4n) is 3.42. The zero-order valence-electron chi connectivity index (χ0n) is 12.5. The molecular formula is C15H21N5O. The summed E-state index contributed by atoms with van der Waals surface area (Å²) in [5.41, 5.74) is 1.41. The fraction of sp³-hybridized carbons (Fsp3) is 0.667. The summed E-state index contributed by atoms with van der Waals surface area (Å²) in [4.78, 5) is 11.2. The Morgan fingerprint density at radius 2 is 2.29 bits per heavy atom. The third kappa shape index (κ3) is 2.18. The van der Waals surface area contributed by atoms with Gasteiger partial charge in [-0.05, 0) is 19.3 Å². The van der Waals surface area contributed by atoms with E-state index in [1.54, 1.807) is 6.33 Å². The molecule has 0 radical (unpaired) electrons. The number of nitrogens with zero attached hydrogens (tertiary/aromatic N) is 5. The fourth-order valence-corrected chi connectivity index (χ4v) is 3.42. The Kier molecular flexibility index (Phi) is 3.06. The van der Waals surface area contributed by atoms with Crippen molar-refractivity contribution in [2.45, 2.75) is 32.6 Å². The maximum absolute atomic E-state index is 5.85. The highest BCUT2D eigenvalue weighted by atomic mass is 16.5. The molecule has 112 valence electrons. The van der Waals surface area contributed by atoms with Crippen molar-refractivity contribution in [2.24, 2.45) is 5.41 Å². The van der Waals surface area contributed by atoms with Crippen LogP contribution in [0.1, 0.15) is 31.9 Å². The smallest absolute Gasteiger partial charge is 0.254 e. The molecule has 0 amide bonds. The zero-order chi connectivity index (χ0) is 14.3. The minimum Gasteiger partial charge on any atom is -0.379 e. The van der Waals surface area contributed by atoms with Crippen LogP contribution in [0.3, 0.4) is 0 Å². The molecule has 3 heterocycles. The molecule has 0 unspecified atom stereocenters. The summed E-state index contributed by atoms with van der Waals surface area (Å²) in [6.45, 7) is 5.76. The van der Waals surface area contributed by atoms with E-state index in [0.717, 1.165) is 44.2 Å². The standard InChI is InChI=1S/C15H21N5O/c1-2-12-8-13(20-14(18-12)16-11-17-20)19-6-7-21-10-15(9-19)4-3-5-15/h8,11H,2-7,9-10H2,1H3. The molecule has 0 N–H and O–H groups in total. The second kappa shape index (κ2) is 4.94. The Labute approximate surface area is 124 Å². The van der Waals surface area contributed by atoms with Crippen molar-refractivity contribution in [1.29, 1.82) is 0 Å². The van der Waals surface area contributed by atoms with E-state index in [4.69, 9.17) is 4.74 Å². The van der Waals surface area contributed by atoms with Crippen LogP contribution in [0.4, 0.5) is 5.82 Å². The van der Waals surface area contributed by atoms with E-state index in [1.165, 1.54) is 19.3 Å². The summed E-state index contributed by atoms with van der Waals surface area (Å²) in [6.07, 6.45) is 6.36. The second-order valence-electron chi connectivity index (χ2n) is 6.26. The minimum absolute atomic E-state index is 0.346. The van der Waals surface area contributed by atoms with E-state index in [2.05, 4.69) is 33.0 Å². The van der Waals surface area contributed by atoms with Crippen LogP contribution in [0.15, 0.2) is 12.4 Å². The third-order valence-corrected chi connectivity index (χ3v) is 4.83. The first-order valence-electron chi connectivity index (χ1n) is 7.82. The number of rotatable bonds is 2. The van der Waals surface area contributed by atoms with Crippen LogP contribution in [0.25, 0.3) is 5.78 Å². The molecule has 4 rings (SSSR count). The number of aromatic nitrogens is 4. The van der Waals surface area contributed by atoms with Crippen LogP contribution in [-0.2, 0) is 11.2 Å². The van der Waals surface area contributed by atoms with Gasteiger partial charge in [-0.15, -0.1) is 0 Å². The minimum atomic E-state index is 0.346. The van der Waals surface area contributed by atoms with Gasteiger partial charge in [0.25, 0.3) is 5.78 Å². The molecule has 1 aliphatic heterocycles. The van der Waals surface area contributed by atoms with E-state index >= 15 is 0 Å². The molecule has 6 heteroatoms. The third-order valence-electron chi connectivity index (χ3n) is 4.83. The molecule has 2 aliphatic rings. The molecule has 2 fully saturated rings. The van der Waals surface area contributed by atoms with Crippen LogP contribution in [0.2, 0.25) is 0 Å². The van der Waals surface area contributed by atoms with Gasteiger partial charge < -0.3 is 9.64 Å². The number of anilines is 1. The molecule has 1 aliphatic carbocycles. The molecule has 0 bridgehead atoms. The van der Waals surface area contributed by atoms with E-state index in [1.807, 2.05) is 4.52 Å². The lowest BCUT2D eigenvalue weighted by atomic mass is 9.69. The Hall–Kier alpha value is -1.69. The molecule has 1 saturated heterocycles. The van der Waals surface area contributed by atoms with Crippen molar-refractivity contribution in [3.05, 3.63) is 18.1 Å². The lowest BCUT2D eigenvalue weighted by molar-refractivity contribution is 0.0187. The van der Waals surface area contributed by atoms with Crippen molar-refractivity contribution in [3.8, 4) is 0 Å². The largest absolute Gasteiger partial charge is 0.379 e. The van der Waals surface area contributed by atoms with Gasteiger partial charge >= 0.3 is 0 Å². The molecule has 1 saturated carbocycles. The van der Waals surface area contributed by atoms with E-state index in [0.29, 0.717) is 11.2 Å². The van der Waals surface area contributed by atoms with Crippen molar-refractivity contribution >= 4 is 11.6 Å². The lowest BCUT2D eigenvalue weighted by Gasteiger charge is -2.43. The molecule has 21 heavy (non-hydrogen) atoms. The summed E-state index contributed by atoms with van der Waals surface area (Å²) in [6, 6.07) is 2.15. The Morgan fingerprint density at radius 3 is 3.05 bits per heavy atom. The molecule has 0 aromatic carbocycles. The predicted octanol–water partition coefficient (Wildman–Crippen LogP) is 1.69. The van der Waals surface area contributed by atoms with E-state index in [9.17, 15) is 0 Å². The SMILES string of the molecule is CCc1cc(N2CCOCC3(CCC3)C2)n2ncnc2n1. The van der Waals surface area contributed by atoms with E-state index < -0.39 is 0 Å². The lowest BCUT2D eigenvalue weighted by Crippen LogP contribution is -2.44. The van der Waals surface area contributed by atoms with Crippen molar-refractivity contribution in [3.63, 3.8) is 0 Å². The quantitative estimate of drug-likeness (QED) is 0.841.